The highest BCUT2D eigenvalue weighted by Gasteiger charge is 2.35. The number of sulfone groups is 1. The SMILES string of the molecule is CCOc1ccc(C(=O)N(Cc2ccc(Cl)cc2Cl)C2CCS(=O)(=O)C2)cc1. The van der Waals surface area contributed by atoms with Crippen LogP contribution in [0.5, 0.6) is 5.75 Å². The zero-order valence-corrected chi connectivity index (χ0v) is 17.7. The standard InChI is InChI=1S/C20H21Cl2NO4S/c1-2-27-18-7-4-14(5-8-18)20(24)23(17-9-10-28(25,26)13-17)12-15-3-6-16(21)11-19(15)22/h3-8,11,17H,2,9-10,12-13H2,1H3. The first-order valence-electron chi connectivity index (χ1n) is 8.97. The molecule has 1 amide bonds. The Hall–Kier alpha value is -1.76. The highest BCUT2D eigenvalue weighted by Crippen LogP contribution is 2.27. The Kier molecular flexibility index (Phi) is 6.53. The number of carbonyl (C=O) groups is 1. The summed E-state index contributed by atoms with van der Waals surface area (Å²) in [5, 5.41) is 0.944. The van der Waals surface area contributed by atoms with E-state index >= 15 is 0 Å². The number of benzene rings is 2. The van der Waals surface area contributed by atoms with E-state index in [2.05, 4.69) is 0 Å². The van der Waals surface area contributed by atoms with Crippen molar-refractivity contribution >= 4 is 38.9 Å². The van der Waals surface area contributed by atoms with Crippen LogP contribution in [-0.4, -0.2) is 43.4 Å². The average Bonchev–Trinajstić information content (AvgIpc) is 3.01. The van der Waals surface area contributed by atoms with Crippen LogP contribution in [0.2, 0.25) is 10.0 Å². The molecule has 8 heteroatoms. The number of nitrogens with zero attached hydrogens (tertiary/aromatic N) is 1. The lowest BCUT2D eigenvalue weighted by Gasteiger charge is -2.29. The van der Waals surface area contributed by atoms with Crippen molar-refractivity contribution in [2.24, 2.45) is 0 Å². The summed E-state index contributed by atoms with van der Waals surface area (Å²) in [6.45, 7) is 2.63. The van der Waals surface area contributed by atoms with Crippen LogP contribution in [0.15, 0.2) is 42.5 Å². The highest BCUT2D eigenvalue weighted by molar-refractivity contribution is 7.91. The normalized spacial score (nSPS) is 18.0. The second-order valence-corrected chi connectivity index (χ2v) is 9.76. The van der Waals surface area contributed by atoms with Crippen LogP contribution in [0.25, 0.3) is 0 Å². The molecule has 0 bridgehead atoms. The third-order valence-corrected chi connectivity index (χ3v) is 7.02. The Morgan fingerprint density at radius 3 is 2.46 bits per heavy atom. The van der Waals surface area contributed by atoms with Gasteiger partial charge in [-0.25, -0.2) is 8.42 Å². The molecule has 0 aromatic heterocycles. The maximum absolute atomic E-state index is 13.2. The molecular formula is C20H21Cl2NO4S. The van der Waals surface area contributed by atoms with Crippen molar-refractivity contribution in [3.8, 4) is 5.75 Å². The molecule has 1 unspecified atom stereocenters. The predicted octanol–water partition coefficient (Wildman–Crippen LogP) is 4.22. The molecule has 1 aliphatic heterocycles. The Bertz CT molecular complexity index is 961. The van der Waals surface area contributed by atoms with Gasteiger partial charge in [-0.2, -0.15) is 0 Å². The third-order valence-electron chi connectivity index (χ3n) is 4.68. The van der Waals surface area contributed by atoms with E-state index in [1.54, 1.807) is 47.4 Å². The van der Waals surface area contributed by atoms with Gasteiger partial charge in [-0.3, -0.25) is 4.79 Å². The van der Waals surface area contributed by atoms with Crippen LogP contribution >= 0.6 is 23.2 Å². The van der Waals surface area contributed by atoms with Crippen molar-refractivity contribution < 1.29 is 17.9 Å². The minimum Gasteiger partial charge on any atom is -0.494 e. The van der Waals surface area contributed by atoms with Crippen molar-refractivity contribution in [2.75, 3.05) is 18.1 Å². The van der Waals surface area contributed by atoms with E-state index in [0.717, 1.165) is 5.56 Å². The fraction of sp³-hybridized carbons (Fsp3) is 0.350. The lowest BCUT2D eigenvalue weighted by Crippen LogP contribution is -2.40. The first-order chi connectivity index (χ1) is 13.3. The molecule has 0 saturated carbocycles. The largest absolute Gasteiger partial charge is 0.494 e. The predicted molar refractivity (Wildman–Crippen MR) is 111 cm³/mol. The van der Waals surface area contributed by atoms with Crippen LogP contribution < -0.4 is 4.74 Å². The number of carbonyl (C=O) groups excluding carboxylic acids is 1. The molecule has 3 rings (SSSR count). The zero-order valence-electron chi connectivity index (χ0n) is 15.4. The fourth-order valence-corrected chi connectivity index (χ4v) is 5.45. The third kappa shape index (κ3) is 4.99. The van der Waals surface area contributed by atoms with E-state index in [4.69, 9.17) is 27.9 Å². The van der Waals surface area contributed by atoms with Crippen molar-refractivity contribution in [1.82, 2.24) is 4.90 Å². The van der Waals surface area contributed by atoms with E-state index in [1.165, 1.54) is 0 Å². The van der Waals surface area contributed by atoms with Gasteiger partial charge in [0.05, 0.1) is 18.1 Å². The summed E-state index contributed by atoms with van der Waals surface area (Å²) in [5.74, 6) is 0.478. The van der Waals surface area contributed by atoms with Gasteiger partial charge in [0.25, 0.3) is 5.91 Å². The summed E-state index contributed by atoms with van der Waals surface area (Å²) in [6.07, 6.45) is 0.413. The maximum atomic E-state index is 13.2. The first-order valence-corrected chi connectivity index (χ1v) is 11.5. The number of rotatable bonds is 6. The van der Waals surface area contributed by atoms with E-state index in [0.29, 0.717) is 34.4 Å². The van der Waals surface area contributed by atoms with E-state index in [9.17, 15) is 13.2 Å². The molecular weight excluding hydrogens is 421 g/mol. The summed E-state index contributed by atoms with van der Waals surface area (Å²) in [7, 11) is -3.15. The van der Waals surface area contributed by atoms with Gasteiger partial charge in [-0.05, 0) is 55.3 Å². The molecule has 5 nitrogen and oxygen atoms in total. The minimum absolute atomic E-state index is 0.0407. The van der Waals surface area contributed by atoms with Gasteiger partial charge in [0.15, 0.2) is 9.84 Å². The van der Waals surface area contributed by atoms with Crippen molar-refractivity contribution in [3.63, 3.8) is 0 Å². The molecule has 1 heterocycles. The molecule has 2 aromatic rings. The Labute approximate surface area is 175 Å². The quantitative estimate of drug-likeness (QED) is 0.672. The lowest BCUT2D eigenvalue weighted by atomic mass is 10.1. The van der Waals surface area contributed by atoms with Crippen LogP contribution in [0.1, 0.15) is 29.3 Å². The van der Waals surface area contributed by atoms with Gasteiger partial charge in [0.2, 0.25) is 0 Å². The summed E-state index contributed by atoms with van der Waals surface area (Å²) in [4.78, 5) is 14.8. The van der Waals surface area contributed by atoms with Gasteiger partial charge in [-0.15, -0.1) is 0 Å². The van der Waals surface area contributed by atoms with Gasteiger partial charge < -0.3 is 9.64 Å². The van der Waals surface area contributed by atoms with Crippen molar-refractivity contribution in [2.45, 2.75) is 25.9 Å². The molecule has 1 fully saturated rings. The Morgan fingerprint density at radius 1 is 1.18 bits per heavy atom. The fourth-order valence-electron chi connectivity index (χ4n) is 3.25. The maximum Gasteiger partial charge on any atom is 0.254 e. The minimum atomic E-state index is -3.15. The molecule has 1 atom stereocenters. The van der Waals surface area contributed by atoms with Crippen LogP contribution in [-0.2, 0) is 16.4 Å². The van der Waals surface area contributed by atoms with Crippen molar-refractivity contribution in [3.05, 3.63) is 63.6 Å². The van der Waals surface area contributed by atoms with Gasteiger partial charge >= 0.3 is 0 Å². The topological polar surface area (TPSA) is 63.7 Å². The number of hydrogen-bond donors (Lipinski definition) is 0. The summed E-state index contributed by atoms with van der Waals surface area (Å²) in [5.41, 5.74) is 1.19. The molecule has 0 aliphatic carbocycles. The molecule has 0 spiro atoms. The Balaban J connectivity index is 1.90. The van der Waals surface area contributed by atoms with Crippen LogP contribution in [0.3, 0.4) is 0 Å². The zero-order chi connectivity index (χ0) is 20.3. The van der Waals surface area contributed by atoms with Gasteiger partial charge in [0.1, 0.15) is 5.75 Å². The monoisotopic (exact) mass is 441 g/mol. The molecule has 1 saturated heterocycles. The van der Waals surface area contributed by atoms with Gasteiger partial charge in [-0.1, -0.05) is 29.3 Å². The smallest absolute Gasteiger partial charge is 0.254 e. The molecule has 2 aromatic carbocycles. The van der Waals surface area contributed by atoms with E-state index in [-0.39, 0.29) is 24.0 Å². The molecule has 0 radical (unpaired) electrons. The van der Waals surface area contributed by atoms with Crippen LogP contribution in [0, 0.1) is 0 Å². The first kappa shape index (κ1) is 21.0. The molecule has 0 N–H and O–H groups in total. The lowest BCUT2D eigenvalue weighted by molar-refractivity contribution is 0.0681. The second kappa shape index (κ2) is 8.72. The summed E-state index contributed by atoms with van der Waals surface area (Å²) in [6, 6.07) is 11.5. The summed E-state index contributed by atoms with van der Waals surface area (Å²) >= 11 is 12.2. The number of halogens is 2. The highest BCUT2D eigenvalue weighted by atomic mass is 35.5. The van der Waals surface area contributed by atoms with E-state index in [1.807, 2.05) is 6.92 Å². The Morgan fingerprint density at radius 2 is 1.89 bits per heavy atom. The second-order valence-electron chi connectivity index (χ2n) is 6.68. The number of hydrogen-bond acceptors (Lipinski definition) is 4. The number of ether oxygens (including phenoxy) is 1. The van der Waals surface area contributed by atoms with Gasteiger partial charge in [0, 0.05) is 28.2 Å². The molecule has 28 heavy (non-hydrogen) atoms. The average molecular weight is 442 g/mol. The van der Waals surface area contributed by atoms with Crippen LogP contribution in [0.4, 0.5) is 0 Å². The van der Waals surface area contributed by atoms with Crippen molar-refractivity contribution in [1.29, 1.82) is 0 Å². The summed E-state index contributed by atoms with van der Waals surface area (Å²) < 4.78 is 29.4. The van der Waals surface area contributed by atoms with E-state index < -0.39 is 15.9 Å². The molecule has 150 valence electrons. The molecule has 1 aliphatic rings. The number of amides is 1.